The van der Waals surface area contributed by atoms with Crippen molar-refractivity contribution >= 4 is 33.3 Å². The van der Waals surface area contributed by atoms with Gasteiger partial charge in [0, 0.05) is 28.8 Å². The van der Waals surface area contributed by atoms with Gasteiger partial charge < -0.3 is 10.2 Å². The van der Waals surface area contributed by atoms with E-state index in [1.165, 1.54) is 0 Å². The van der Waals surface area contributed by atoms with Crippen LogP contribution in [0.4, 0.5) is 5.69 Å². The number of fused-ring (bicyclic) bond motifs is 1. The van der Waals surface area contributed by atoms with Crippen molar-refractivity contribution in [2.45, 2.75) is 25.8 Å². The molecule has 2 aliphatic heterocycles. The van der Waals surface area contributed by atoms with E-state index in [-0.39, 0.29) is 23.7 Å². The molecule has 2 aliphatic rings. The first-order chi connectivity index (χ1) is 9.58. The highest BCUT2D eigenvalue weighted by molar-refractivity contribution is 9.10. The SMILES string of the molecule is CC(=O)c1ccc(N2CCCC3C(=O)NCC32)cc1Br. The van der Waals surface area contributed by atoms with Crippen molar-refractivity contribution in [3.8, 4) is 0 Å². The van der Waals surface area contributed by atoms with E-state index in [9.17, 15) is 9.59 Å². The van der Waals surface area contributed by atoms with Gasteiger partial charge >= 0.3 is 0 Å². The molecule has 0 aromatic heterocycles. The second-order valence-electron chi connectivity index (χ2n) is 5.47. The molecule has 2 unspecified atom stereocenters. The highest BCUT2D eigenvalue weighted by Crippen LogP contribution is 2.33. The molecule has 4 nitrogen and oxygen atoms in total. The quantitative estimate of drug-likeness (QED) is 0.843. The third kappa shape index (κ3) is 2.24. The summed E-state index contributed by atoms with van der Waals surface area (Å²) in [6.45, 7) is 3.24. The van der Waals surface area contributed by atoms with Crippen LogP contribution in [-0.2, 0) is 4.79 Å². The Balaban J connectivity index is 1.90. The van der Waals surface area contributed by atoms with Crippen LogP contribution in [0.1, 0.15) is 30.1 Å². The molecule has 2 fully saturated rings. The van der Waals surface area contributed by atoms with Gasteiger partial charge in [0.25, 0.3) is 0 Å². The van der Waals surface area contributed by atoms with Crippen molar-refractivity contribution in [2.24, 2.45) is 5.92 Å². The lowest BCUT2D eigenvalue weighted by atomic mass is 9.91. The van der Waals surface area contributed by atoms with E-state index in [0.717, 1.165) is 36.1 Å². The maximum atomic E-state index is 11.8. The molecule has 0 bridgehead atoms. The number of piperidine rings is 1. The predicted molar refractivity (Wildman–Crippen MR) is 81.0 cm³/mol. The van der Waals surface area contributed by atoms with Crippen molar-refractivity contribution in [3.05, 3.63) is 28.2 Å². The number of anilines is 1. The molecule has 1 N–H and O–H groups in total. The van der Waals surface area contributed by atoms with E-state index in [1.807, 2.05) is 18.2 Å². The maximum Gasteiger partial charge on any atom is 0.225 e. The van der Waals surface area contributed by atoms with E-state index in [4.69, 9.17) is 0 Å². The van der Waals surface area contributed by atoms with Crippen LogP contribution in [-0.4, -0.2) is 30.8 Å². The zero-order chi connectivity index (χ0) is 14.3. The highest BCUT2D eigenvalue weighted by atomic mass is 79.9. The van der Waals surface area contributed by atoms with Gasteiger partial charge in [0.15, 0.2) is 5.78 Å². The van der Waals surface area contributed by atoms with E-state index in [0.29, 0.717) is 5.56 Å². The molecule has 3 rings (SSSR count). The molecule has 0 spiro atoms. The van der Waals surface area contributed by atoms with Gasteiger partial charge in [0.05, 0.1) is 12.0 Å². The number of nitrogens with zero attached hydrogens (tertiary/aromatic N) is 1. The number of hydrogen-bond donors (Lipinski definition) is 1. The summed E-state index contributed by atoms with van der Waals surface area (Å²) in [6.07, 6.45) is 2.00. The van der Waals surface area contributed by atoms with E-state index in [1.54, 1.807) is 6.92 Å². The third-order valence-corrected chi connectivity index (χ3v) is 4.92. The third-order valence-electron chi connectivity index (χ3n) is 4.26. The second kappa shape index (κ2) is 5.20. The zero-order valence-corrected chi connectivity index (χ0v) is 12.9. The molecule has 2 saturated heterocycles. The predicted octanol–water partition coefficient (Wildman–Crippen LogP) is 2.37. The van der Waals surface area contributed by atoms with Crippen LogP contribution in [0.3, 0.4) is 0 Å². The molecule has 0 saturated carbocycles. The van der Waals surface area contributed by atoms with Gasteiger partial charge in [0.2, 0.25) is 5.91 Å². The molecule has 0 radical (unpaired) electrons. The first kappa shape index (κ1) is 13.6. The number of carbonyl (C=O) groups excluding carboxylic acids is 2. The van der Waals surface area contributed by atoms with E-state index >= 15 is 0 Å². The van der Waals surface area contributed by atoms with Crippen LogP contribution in [0.25, 0.3) is 0 Å². The van der Waals surface area contributed by atoms with Crippen molar-refractivity contribution < 1.29 is 9.59 Å². The number of carbonyl (C=O) groups is 2. The molecule has 20 heavy (non-hydrogen) atoms. The Labute approximate surface area is 126 Å². The van der Waals surface area contributed by atoms with Crippen LogP contribution >= 0.6 is 15.9 Å². The van der Waals surface area contributed by atoms with Gasteiger partial charge in [-0.05, 0) is 53.9 Å². The Morgan fingerprint density at radius 1 is 1.45 bits per heavy atom. The summed E-state index contributed by atoms with van der Waals surface area (Å²) >= 11 is 3.47. The minimum absolute atomic E-state index is 0.0534. The van der Waals surface area contributed by atoms with Gasteiger partial charge in [-0.25, -0.2) is 0 Å². The number of halogens is 1. The van der Waals surface area contributed by atoms with Gasteiger partial charge in [-0.15, -0.1) is 0 Å². The summed E-state index contributed by atoms with van der Waals surface area (Å²) in [6, 6.07) is 6.07. The fourth-order valence-electron chi connectivity index (χ4n) is 3.24. The van der Waals surface area contributed by atoms with Crippen LogP contribution < -0.4 is 10.2 Å². The Morgan fingerprint density at radius 3 is 2.95 bits per heavy atom. The number of Topliss-reactive ketones (excluding diaryl/α,β-unsaturated/α-hetero) is 1. The highest BCUT2D eigenvalue weighted by Gasteiger charge is 2.40. The van der Waals surface area contributed by atoms with Crippen LogP contribution in [0.5, 0.6) is 0 Å². The largest absolute Gasteiger partial charge is 0.366 e. The Kier molecular flexibility index (Phi) is 3.54. The Hall–Kier alpha value is -1.36. The summed E-state index contributed by atoms with van der Waals surface area (Å²) < 4.78 is 0.821. The maximum absolute atomic E-state index is 11.8. The van der Waals surface area contributed by atoms with Crippen molar-refractivity contribution in [1.29, 1.82) is 0 Å². The lowest BCUT2D eigenvalue weighted by Crippen LogP contribution is -2.45. The van der Waals surface area contributed by atoms with Gasteiger partial charge in [-0.2, -0.15) is 0 Å². The molecule has 1 aromatic rings. The van der Waals surface area contributed by atoms with Crippen LogP contribution in [0, 0.1) is 5.92 Å². The molecular weight excluding hydrogens is 320 g/mol. The topological polar surface area (TPSA) is 49.4 Å². The van der Waals surface area contributed by atoms with Crippen molar-refractivity contribution in [1.82, 2.24) is 5.32 Å². The standard InChI is InChI=1S/C15H17BrN2O2/c1-9(19)11-5-4-10(7-13(11)16)18-6-2-3-12-14(18)8-17-15(12)20/h4-5,7,12,14H,2-3,6,8H2,1H3,(H,17,20). The average molecular weight is 337 g/mol. The van der Waals surface area contributed by atoms with E-state index < -0.39 is 0 Å². The van der Waals surface area contributed by atoms with Gasteiger partial charge in [0.1, 0.15) is 0 Å². The van der Waals surface area contributed by atoms with Crippen LogP contribution in [0.2, 0.25) is 0 Å². The first-order valence-corrected chi connectivity index (χ1v) is 7.72. The number of rotatable bonds is 2. The summed E-state index contributed by atoms with van der Waals surface area (Å²) in [7, 11) is 0. The number of hydrogen-bond acceptors (Lipinski definition) is 3. The van der Waals surface area contributed by atoms with Gasteiger partial charge in [-0.1, -0.05) is 0 Å². The summed E-state index contributed by atoms with van der Waals surface area (Å²) in [4.78, 5) is 25.6. The number of ketones is 1. The fourth-order valence-corrected chi connectivity index (χ4v) is 3.89. The van der Waals surface area contributed by atoms with Crippen molar-refractivity contribution in [3.63, 3.8) is 0 Å². The van der Waals surface area contributed by atoms with Gasteiger partial charge in [-0.3, -0.25) is 9.59 Å². The van der Waals surface area contributed by atoms with E-state index in [2.05, 4.69) is 26.1 Å². The minimum Gasteiger partial charge on any atom is -0.366 e. The monoisotopic (exact) mass is 336 g/mol. The average Bonchev–Trinajstić information content (AvgIpc) is 2.80. The second-order valence-corrected chi connectivity index (χ2v) is 6.33. The minimum atomic E-state index is 0.0534. The number of amides is 1. The molecule has 5 heteroatoms. The molecule has 0 aliphatic carbocycles. The summed E-state index contributed by atoms with van der Waals surface area (Å²) in [5.74, 6) is 0.340. The first-order valence-electron chi connectivity index (χ1n) is 6.93. The van der Waals surface area contributed by atoms with Crippen molar-refractivity contribution in [2.75, 3.05) is 18.0 Å². The summed E-state index contributed by atoms with van der Waals surface area (Å²) in [5, 5.41) is 2.96. The zero-order valence-electron chi connectivity index (χ0n) is 11.4. The molecule has 2 atom stereocenters. The Morgan fingerprint density at radius 2 is 2.25 bits per heavy atom. The number of benzene rings is 1. The molecular formula is C15H17BrN2O2. The molecule has 106 valence electrons. The fraction of sp³-hybridized carbons (Fsp3) is 0.467. The van der Waals surface area contributed by atoms with Crippen LogP contribution in [0.15, 0.2) is 22.7 Å². The number of nitrogens with one attached hydrogen (secondary N) is 1. The summed E-state index contributed by atoms with van der Waals surface area (Å²) in [5.41, 5.74) is 1.77. The smallest absolute Gasteiger partial charge is 0.225 e. The molecule has 2 heterocycles. The lowest BCUT2D eigenvalue weighted by Gasteiger charge is -2.37. The molecule has 1 amide bonds. The molecule has 1 aromatic carbocycles. The Bertz CT molecular complexity index is 573. The lowest BCUT2D eigenvalue weighted by molar-refractivity contribution is -0.122. The normalized spacial score (nSPS) is 25.3.